The summed E-state index contributed by atoms with van der Waals surface area (Å²) in [4.78, 5) is 13.9. The van der Waals surface area contributed by atoms with Crippen molar-refractivity contribution < 1.29 is 9.53 Å². The second kappa shape index (κ2) is 2.98. The first-order valence-corrected chi connectivity index (χ1v) is 5.02. The van der Waals surface area contributed by atoms with Gasteiger partial charge in [0.1, 0.15) is 5.54 Å². The Labute approximate surface area is 79.0 Å². The van der Waals surface area contributed by atoms with Crippen LogP contribution in [-0.2, 0) is 9.53 Å². The summed E-state index contributed by atoms with van der Waals surface area (Å²) in [6, 6.07) is 0.618. The van der Waals surface area contributed by atoms with Gasteiger partial charge < -0.3 is 4.74 Å². The van der Waals surface area contributed by atoms with Crippen LogP contribution in [-0.4, -0.2) is 36.6 Å². The molecule has 0 amide bonds. The maximum absolute atomic E-state index is 11.7. The SMILES string of the molecule is COC(=O)[C@]12CCC[C@H](CC1)N2C. The fraction of sp³-hybridized carbons (Fsp3) is 0.900. The number of carbonyl (C=O) groups is 1. The first-order valence-electron chi connectivity index (χ1n) is 5.02. The topological polar surface area (TPSA) is 29.5 Å². The molecule has 0 N–H and O–H groups in total. The zero-order valence-electron chi connectivity index (χ0n) is 8.38. The normalized spacial score (nSPS) is 39.1. The summed E-state index contributed by atoms with van der Waals surface area (Å²) in [5.74, 6) is -0.0304. The first kappa shape index (κ1) is 9.00. The van der Waals surface area contributed by atoms with E-state index in [0.717, 1.165) is 19.3 Å². The highest BCUT2D eigenvalue weighted by Crippen LogP contribution is 2.43. The zero-order chi connectivity index (χ0) is 9.47. The van der Waals surface area contributed by atoms with Gasteiger partial charge in [-0.05, 0) is 39.2 Å². The van der Waals surface area contributed by atoms with Gasteiger partial charge in [0.15, 0.2) is 0 Å². The van der Waals surface area contributed by atoms with Crippen LogP contribution in [0.4, 0.5) is 0 Å². The lowest BCUT2D eigenvalue weighted by atomic mass is 9.89. The summed E-state index contributed by atoms with van der Waals surface area (Å²) in [7, 11) is 3.56. The van der Waals surface area contributed by atoms with Crippen LogP contribution >= 0.6 is 0 Å². The van der Waals surface area contributed by atoms with Crippen molar-refractivity contribution in [3.05, 3.63) is 0 Å². The van der Waals surface area contributed by atoms with Crippen molar-refractivity contribution in [3.8, 4) is 0 Å². The second-order valence-corrected chi connectivity index (χ2v) is 4.22. The lowest BCUT2D eigenvalue weighted by Crippen LogP contribution is -2.53. The largest absolute Gasteiger partial charge is 0.468 e. The number of esters is 1. The predicted octanol–water partition coefficient (Wildman–Crippen LogP) is 1.18. The van der Waals surface area contributed by atoms with Crippen molar-refractivity contribution in [2.45, 2.75) is 43.7 Å². The standard InChI is InChI=1S/C10H17NO2/c1-11-8-4-3-6-10(11,7-5-8)9(12)13-2/h8H,3-7H2,1-2H3/t8-,10+/m1/s1. The molecule has 2 rings (SSSR count). The Balaban J connectivity index is 2.25. The van der Waals surface area contributed by atoms with E-state index in [-0.39, 0.29) is 11.5 Å². The highest BCUT2D eigenvalue weighted by Gasteiger charge is 2.52. The van der Waals surface area contributed by atoms with Gasteiger partial charge in [-0.3, -0.25) is 9.69 Å². The van der Waals surface area contributed by atoms with Crippen LogP contribution in [0, 0.1) is 0 Å². The smallest absolute Gasteiger partial charge is 0.326 e. The molecule has 2 fully saturated rings. The summed E-state index contributed by atoms with van der Waals surface area (Å²) in [6.07, 6.45) is 5.54. The summed E-state index contributed by atoms with van der Waals surface area (Å²) in [5, 5.41) is 0. The molecule has 0 aromatic rings. The average molecular weight is 183 g/mol. The van der Waals surface area contributed by atoms with Crippen LogP contribution in [0.1, 0.15) is 32.1 Å². The molecule has 2 saturated heterocycles. The van der Waals surface area contributed by atoms with Crippen LogP contribution in [0.5, 0.6) is 0 Å². The maximum atomic E-state index is 11.7. The van der Waals surface area contributed by atoms with Gasteiger partial charge in [-0.15, -0.1) is 0 Å². The fourth-order valence-corrected chi connectivity index (χ4v) is 2.93. The van der Waals surface area contributed by atoms with Gasteiger partial charge in [-0.2, -0.15) is 0 Å². The summed E-state index contributed by atoms with van der Waals surface area (Å²) in [5.41, 5.74) is -0.266. The van der Waals surface area contributed by atoms with Crippen molar-refractivity contribution in [2.75, 3.05) is 14.2 Å². The molecule has 0 radical (unpaired) electrons. The van der Waals surface area contributed by atoms with E-state index in [1.54, 1.807) is 0 Å². The number of rotatable bonds is 1. The molecule has 0 spiro atoms. The van der Waals surface area contributed by atoms with E-state index in [1.807, 2.05) is 0 Å². The Morgan fingerprint density at radius 1 is 1.46 bits per heavy atom. The molecule has 0 aliphatic carbocycles. The van der Waals surface area contributed by atoms with Crippen molar-refractivity contribution in [2.24, 2.45) is 0 Å². The molecule has 0 aromatic heterocycles. The Morgan fingerprint density at radius 3 is 2.92 bits per heavy atom. The molecule has 0 unspecified atom stereocenters. The van der Waals surface area contributed by atoms with Gasteiger partial charge in [0.05, 0.1) is 7.11 Å². The van der Waals surface area contributed by atoms with Crippen LogP contribution in [0.15, 0.2) is 0 Å². The number of hydrogen-bond acceptors (Lipinski definition) is 3. The molecular weight excluding hydrogens is 166 g/mol. The van der Waals surface area contributed by atoms with Gasteiger partial charge in [-0.1, -0.05) is 0 Å². The van der Waals surface area contributed by atoms with Crippen LogP contribution in [0.2, 0.25) is 0 Å². The van der Waals surface area contributed by atoms with Crippen LogP contribution in [0.3, 0.4) is 0 Å². The third-order valence-electron chi connectivity index (χ3n) is 3.81. The minimum Gasteiger partial charge on any atom is -0.468 e. The molecule has 13 heavy (non-hydrogen) atoms. The van der Waals surface area contributed by atoms with E-state index in [1.165, 1.54) is 20.0 Å². The molecule has 2 bridgehead atoms. The maximum Gasteiger partial charge on any atom is 0.326 e. The van der Waals surface area contributed by atoms with Crippen molar-refractivity contribution in [1.29, 1.82) is 0 Å². The lowest BCUT2D eigenvalue weighted by molar-refractivity contribution is -0.155. The first-order chi connectivity index (χ1) is 6.20. The second-order valence-electron chi connectivity index (χ2n) is 4.22. The highest BCUT2D eigenvalue weighted by molar-refractivity contribution is 5.81. The van der Waals surface area contributed by atoms with Gasteiger partial charge in [0, 0.05) is 6.04 Å². The number of methoxy groups -OCH3 is 1. The van der Waals surface area contributed by atoms with Crippen molar-refractivity contribution in [1.82, 2.24) is 4.90 Å². The fourth-order valence-electron chi connectivity index (χ4n) is 2.93. The van der Waals surface area contributed by atoms with E-state index in [2.05, 4.69) is 11.9 Å². The molecule has 2 atom stereocenters. The third-order valence-corrected chi connectivity index (χ3v) is 3.81. The lowest BCUT2D eigenvalue weighted by Gasteiger charge is -2.39. The molecular formula is C10H17NO2. The Hall–Kier alpha value is -0.570. The number of hydrogen-bond donors (Lipinski definition) is 0. The third kappa shape index (κ3) is 1.10. The number of piperidine rings is 1. The van der Waals surface area contributed by atoms with E-state index in [0.29, 0.717) is 6.04 Å². The molecule has 2 aliphatic heterocycles. The minimum atomic E-state index is -0.266. The quantitative estimate of drug-likeness (QED) is 0.572. The predicted molar refractivity (Wildman–Crippen MR) is 49.4 cm³/mol. The zero-order valence-corrected chi connectivity index (χ0v) is 8.38. The van der Waals surface area contributed by atoms with Gasteiger partial charge in [-0.25, -0.2) is 0 Å². The van der Waals surface area contributed by atoms with Crippen molar-refractivity contribution >= 4 is 5.97 Å². The average Bonchev–Trinajstić information content (AvgIpc) is 2.40. The van der Waals surface area contributed by atoms with Crippen LogP contribution in [0.25, 0.3) is 0 Å². The summed E-state index contributed by atoms with van der Waals surface area (Å²) >= 11 is 0. The Kier molecular flexibility index (Phi) is 2.06. The van der Waals surface area contributed by atoms with Gasteiger partial charge >= 0.3 is 5.97 Å². The molecule has 3 nitrogen and oxygen atoms in total. The number of carbonyl (C=O) groups excluding carboxylic acids is 1. The Morgan fingerprint density at radius 2 is 2.23 bits per heavy atom. The molecule has 2 aliphatic rings. The highest BCUT2D eigenvalue weighted by atomic mass is 16.5. The van der Waals surface area contributed by atoms with E-state index < -0.39 is 0 Å². The van der Waals surface area contributed by atoms with Gasteiger partial charge in [0.25, 0.3) is 0 Å². The van der Waals surface area contributed by atoms with E-state index in [9.17, 15) is 4.79 Å². The molecule has 74 valence electrons. The van der Waals surface area contributed by atoms with E-state index >= 15 is 0 Å². The summed E-state index contributed by atoms with van der Waals surface area (Å²) < 4.78 is 4.90. The van der Waals surface area contributed by atoms with E-state index in [4.69, 9.17) is 4.74 Å². The number of fused-ring (bicyclic) bond motifs is 2. The van der Waals surface area contributed by atoms with Gasteiger partial charge in [0.2, 0.25) is 0 Å². The minimum absolute atomic E-state index is 0.0304. The monoisotopic (exact) mass is 183 g/mol. The number of likely N-dealkylation sites (N-methyl/N-ethyl adjacent to an activating group) is 1. The number of ether oxygens (including phenoxy) is 1. The van der Waals surface area contributed by atoms with Crippen molar-refractivity contribution in [3.63, 3.8) is 0 Å². The Bertz CT molecular complexity index is 225. The summed E-state index contributed by atoms with van der Waals surface area (Å²) in [6.45, 7) is 0. The molecule has 2 heterocycles. The molecule has 0 aromatic carbocycles. The molecule has 0 saturated carbocycles. The molecule has 3 heteroatoms. The number of nitrogens with zero attached hydrogens (tertiary/aromatic N) is 1. The van der Waals surface area contributed by atoms with Crippen LogP contribution < -0.4 is 0 Å².